The van der Waals surface area contributed by atoms with Crippen LogP contribution in [-0.4, -0.2) is 53.0 Å². The molecule has 5 unspecified atom stereocenters. The Balaban J connectivity index is 2.03. The lowest BCUT2D eigenvalue weighted by atomic mass is 10.1. The summed E-state index contributed by atoms with van der Waals surface area (Å²) in [7, 11) is 0. The largest absolute Gasteiger partial charge is 0.394 e. The molecule has 2 saturated heterocycles. The van der Waals surface area contributed by atoms with Crippen molar-refractivity contribution in [2.45, 2.75) is 31.1 Å². The molecule has 3 N–H and O–H groups in total. The van der Waals surface area contributed by atoms with Crippen LogP contribution in [0.25, 0.3) is 0 Å². The van der Waals surface area contributed by atoms with E-state index in [0.29, 0.717) is 0 Å². The van der Waals surface area contributed by atoms with Crippen molar-refractivity contribution in [3.8, 4) is 0 Å². The zero-order chi connectivity index (χ0) is 8.72. The van der Waals surface area contributed by atoms with Crippen LogP contribution in [0.3, 0.4) is 0 Å². The summed E-state index contributed by atoms with van der Waals surface area (Å²) in [6.45, 7) is -1.63. The van der Waals surface area contributed by atoms with Crippen molar-refractivity contribution in [1.29, 1.82) is 0 Å². The quantitative estimate of drug-likeness (QED) is 0.420. The first-order chi connectivity index (χ1) is 5.72. The number of rotatable bonds is 1. The van der Waals surface area contributed by atoms with Crippen molar-refractivity contribution in [3.05, 3.63) is 0 Å². The van der Waals surface area contributed by atoms with Crippen molar-refractivity contribution in [3.63, 3.8) is 0 Å². The molecule has 70 valence electrons. The van der Waals surface area contributed by atoms with E-state index in [0.717, 1.165) is 0 Å². The molecule has 12 heavy (non-hydrogen) atoms. The smallest absolute Gasteiger partial charge is 0.271 e. The van der Waals surface area contributed by atoms with E-state index in [2.05, 4.69) is 0 Å². The summed E-state index contributed by atoms with van der Waals surface area (Å²) in [5.41, 5.74) is 0. The van der Waals surface area contributed by atoms with Gasteiger partial charge in [0.05, 0.1) is 6.61 Å². The minimum Gasteiger partial charge on any atom is -0.394 e. The first-order valence-corrected chi connectivity index (χ1v) is 3.66. The molecule has 6 heteroatoms. The lowest BCUT2D eigenvalue weighted by Crippen LogP contribution is -2.34. The molecule has 0 aromatic rings. The highest BCUT2D eigenvalue weighted by molar-refractivity contribution is 4.89. The van der Waals surface area contributed by atoms with E-state index >= 15 is 0 Å². The predicted molar refractivity (Wildman–Crippen MR) is 33.7 cm³/mol. The van der Waals surface area contributed by atoms with Crippen molar-refractivity contribution in [1.82, 2.24) is 0 Å². The van der Waals surface area contributed by atoms with Crippen molar-refractivity contribution in [2.24, 2.45) is 0 Å². The van der Waals surface area contributed by atoms with Crippen LogP contribution in [0.1, 0.15) is 0 Å². The predicted octanol–water partition coefficient (Wildman–Crippen LogP) is -2.24. The molecule has 0 saturated carbocycles. The van der Waals surface area contributed by atoms with Crippen molar-refractivity contribution in [2.75, 3.05) is 6.61 Å². The Kier molecular flexibility index (Phi) is 2.03. The summed E-state index contributed by atoms with van der Waals surface area (Å²) < 4.78 is 14.5. The van der Waals surface area contributed by atoms with Gasteiger partial charge in [0.15, 0.2) is 6.29 Å². The van der Waals surface area contributed by atoms with Crippen LogP contribution in [0.4, 0.5) is 0 Å². The maximum absolute atomic E-state index is 9.38. The van der Waals surface area contributed by atoms with Gasteiger partial charge < -0.3 is 24.8 Å². The minimum atomic E-state index is -1.34. The summed E-state index contributed by atoms with van der Waals surface area (Å²) in [6, 6.07) is 0. The van der Waals surface area contributed by atoms with Crippen LogP contribution in [0.2, 0.25) is 0 Å². The van der Waals surface area contributed by atoms with Crippen LogP contribution in [0.15, 0.2) is 0 Å². The maximum Gasteiger partial charge on any atom is 0.271 e. The van der Waals surface area contributed by atoms with Gasteiger partial charge in [-0.3, -0.25) is 4.74 Å². The van der Waals surface area contributed by atoms with Gasteiger partial charge >= 0.3 is 0 Å². The third-order valence-electron chi connectivity index (χ3n) is 2.00. The monoisotopic (exact) mass is 178 g/mol. The molecule has 2 aliphatic rings. The molecule has 0 amide bonds. The average molecular weight is 178 g/mol. The van der Waals surface area contributed by atoms with E-state index in [4.69, 9.17) is 24.4 Å². The minimum absolute atomic E-state index is 0.295. The molecule has 0 spiro atoms. The van der Waals surface area contributed by atoms with Gasteiger partial charge in [0.1, 0.15) is 18.3 Å². The van der Waals surface area contributed by atoms with Crippen molar-refractivity contribution >= 4 is 0 Å². The summed E-state index contributed by atoms with van der Waals surface area (Å²) in [6.07, 6.45) is -3.10. The van der Waals surface area contributed by atoms with E-state index in [1.54, 1.807) is 0 Å². The van der Waals surface area contributed by atoms with Gasteiger partial charge in [0, 0.05) is 0 Å². The molecule has 0 aromatic heterocycles. The Morgan fingerprint density at radius 1 is 1.08 bits per heavy atom. The highest BCUT2D eigenvalue weighted by Gasteiger charge is 2.51. The molecule has 0 aliphatic carbocycles. The topological polar surface area (TPSA) is 88.4 Å². The second-order valence-corrected chi connectivity index (χ2v) is 2.76. The fraction of sp³-hybridized carbons (Fsp3) is 1.00. The number of aliphatic hydroxyl groups is 3. The van der Waals surface area contributed by atoms with E-state index in [-0.39, 0.29) is 6.61 Å². The van der Waals surface area contributed by atoms with E-state index in [1.807, 2.05) is 0 Å². The third kappa shape index (κ3) is 1.13. The zero-order valence-electron chi connectivity index (χ0n) is 6.16. The molecule has 0 aromatic carbocycles. The Bertz CT molecular complexity index is 171. The van der Waals surface area contributed by atoms with Crippen LogP contribution < -0.4 is 0 Å². The number of hydrogen-bond donors (Lipinski definition) is 3. The van der Waals surface area contributed by atoms with Crippen LogP contribution in [0, 0.1) is 0 Å². The van der Waals surface area contributed by atoms with Gasteiger partial charge in [0.2, 0.25) is 0 Å². The molecule has 5 atom stereocenters. The second-order valence-electron chi connectivity index (χ2n) is 2.76. The van der Waals surface area contributed by atoms with Gasteiger partial charge in [0.25, 0.3) is 6.48 Å². The molecule has 2 aliphatic heterocycles. The first-order valence-electron chi connectivity index (χ1n) is 3.66. The number of hydrogen-bond acceptors (Lipinski definition) is 6. The summed E-state index contributed by atoms with van der Waals surface area (Å²) in [5.74, 6) is 0. The van der Waals surface area contributed by atoms with E-state index < -0.39 is 31.1 Å². The molecule has 0 bridgehead atoms. The molecule has 2 fully saturated rings. The SMILES string of the molecule is OCC1OC2OC(O)OC2C1O. The summed E-state index contributed by atoms with van der Waals surface area (Å²) in [5, 5.41) is 26.9. The molecule has 2 rings (SSSR count). The highest BCUT2D eigenvalue weighted by atomic mass is 16.9. The summed E-state index contributed by atoms with van der Waals surface area (Å²) in [4.78, 5) is 0. The Labute approximate surface area is 68.3 Å². The third-order valence-corrected chi connectivity index (χ3v) is 2.00. The fourth-order valence-electron chi connectivity index (χ4n) is 1.39. The van der Waals surface area contributed by atoms with Crippen molar-refractivity contribution < 1.29 is 29.5 Å². The lowest BCUT2D eigenvalue weighted by molar-refractivity contribution is -0.256. The fourth-order valence-corrected chi connectivity index (χ4v) is 1.39. The van der Waals surface area contributed by atoms with Gasteiger partial charge in [-0.15, -0.1) is 0 Å². The number of ether oxygens (including phenoxy) is 3. The Hall–Kier alpha value is -0.240. The Morgan fingerprint density at radius 2 is 1.83 bits per heavy atom. The standard InChI is InChI=1S/C6H10O6/c7-1-2-3(8)4-5(10-2)12-6(9)11-4/h2-9H,1H2. The number of fused-ring (bicyclic) bond motifs is 1. The van der Waals surface area contributed by atoms with Gasteiger partial charge in [-0.05, 0) is 0 Å². The highest BCUT2D eigenvalue weighted by Crippen LogP contribution is 2.31. The average Bonchev–Trinajstić information content (AvgIpc) is 2.51. The molecule has 6 nitrogen and oxygen atoms in total. The normalized spacial score (nSPS) is 52.8. The van der Waals surface area contributed by atoms with E-state index in [9.17, 15) is 5.11 Å². The maximum atomic E-state index is 9.38. The number of aliphatic hydroxyl groups excluding tert-OH is 3. The molecular formula is C6H10O6. The van der Waals surface area contributed by atoms with Gasteiger partial charge in [-0.25, -0.2) is 0 Å². The summed E-state index contributed by atoms with van der Waals surface area (Å²) >= 11 is 0. The molecular weight excluding hydrogens is 168 g/mol. The second kappa shape index (κ2) is 2.91. The van der Waals surface area contributed by atoms with Crippen LogP contribution in [0.5, 0.6) is 0 Å². The van der Waals surface area contributed by atoms with E-state index in [1.165, 1.54) is 0 Å². The van der Waals surface area contributed by atoms with Gasteiger partial charge in [-0.1, -0.05) is 0 Å². The van der Waals surface area contributed by atoms with Crippen LogP contribution in [-0.2, 0) is 14.2 Å². The first kappa shape index (κ1) is 8.36. The van der Waals surface area contributed by atoms with Crippen LogP contribution >= 0.6 is 0 Å². The molecule has 2 heterocycles. The van der Waals surface area contributed by atoms with Gasteiger partial charge in [-0.2, -0.15) is 0 Å². The zero-order valence-corrected chi connectivity index (χ0v) is 6.16. The molecule has 0 radical (unpaired) electrons. The Morgan fingerprint density at radius 3 is 2.42 bits per heavy atom. The lowest BCUT2D eigenvalue weighted by Gasteiger charge is -2.14.